The number of aliphatic hydroxyl groups excluding tert-OH is 1. The summed E-state index contributed by atoms with van der Waals surface area (Å²) >= 11 is 0. The number of hydrogen-bond donors (Lipinski definition) is 1. The molecule has 6 heteroatoms. The van der Waals surface area contributed by atoms with Gasteiger partial charge in [-0.1, -0.05) is 30.3 Å². The molecule has 2 aliphatic rings. The Kier molecular flexibility index (Phi) is 4.82. The lowest BCUT2D eigenvalue weighted by Crippen LogP contribution is -2.50. The number of aliphatic hydroxyl groups is 1. The number of benzene rings is 1. The van der Waals surface area contributed by atoms with Gasteiger partial charge in [0, 0.05) is 32.7 Å². The summed E-state index contributed by atoms with van der Waals surface area (Å²) in [7, 11) is -3.25. The van der Waals surface area contributed by atoms with Gasteiger partial charge < -0.3 is 5.11 Å². The van der Waals surface area contributed by atoms with Gasteiger partial charge in [0.15, 0.2) is 0 Å². The number of hydrogen-bond acceptors (Lipinski definition) is 4. The predicted octanol–water partition coefficient (Wildman–Crippen LogP) is 0.905. The zero-order valence-corrected chi connectivity index (χ0v) is 13.6. The Balaban J connectivity index is 1.51. The first-order valence-electron chi connectivity index (χ1n) is 7.97. The van der Waals surface area contributed by atoms with E-state index in [9.17, 15) is 13.5 Å². The van der Waals surface area contributed by atoms with Gasteiger partial charge in [0.05, 0.1) is 11.9 Å². The molecule has 122 valence electrons. The van der Waals surface area contributed by atoms with E-state index in [4.69, 9.17) is 0 Å². The van der Waals surface area contributed by atoms with Crippen molar-refractivity contribution in [1.82, 2.24) is 9.21 Å². The highest BCUT2D eigenvalue weighted by molar-refractivity contribution is 7.88. The van der Waals surface area contributed by atoms with Crippen molar-refractivity contribution >= 4 is 10.0 Å². The van der Waals surface area contributed by atoms with E-state index >= 15 is 0 Å². The molecule has 2 fully saturated rings. The van der Waals surface area contributed by atoms with Crippen LogP contribution in [0, 0.1) is 5.92 Å². The van der Waals surface area contributed by atoms with Gasteiger partial charge in [-0.05, 0) is 24.3 Å². The third kappa shape index (κ3) is 4.07. The molecule has 1 aromatic carbocycles. The molecule has 0 bridgehead atoms. The molecule has 1 heterocycles. The minimum atomic E-state index is -3.25. The van der Waals surface area contributed by atoms with Gasteiger partial charge in [-0.2, -0.15) is 4.31 Å². The molecule has 22 heavy (non-hydrogen) atoms. The van der Waals surface area contributed by atoms with Crippen LogP contribution in [0.5, 0.6) is 0 Å². The van der Waals surface area contributed by atoms with Crippen molar-refractivity contribution in [2.45, 2.75) is 24.7 Å². The van der Waals surface area contributed by atoms with Crippen LogP contribution in [0.1, 0.15) is 18.4 Å². The van der Waals surface area contributed by atoms with Crippen LogP contribution in [-0.2, 0) is 15.8 Å². The molecule has 1 aliphatic carbocycles. The van der Waals surface area contributed by atoms with Crippen LogP contribution in [0.2, 0.25) is 0 Å². The van der Waals surface area contributed by atoms with Gasteiger partial charge in [-0.25, -0.2) is 8.42 Å². The van der Waals surface area contributed by atoms with E-state index in [1.807, 2.05) is 30.3 Å². The third-order valence-corrected chi connectivity index (χ3v) is 6.38. The van der Waals surface area contributed by atoms with Crippen molar-refractivity contribution in [2.24, 2.45) is 5.92 Å². The average Bonchev–Trinajstić information content (AvgIpc) is 3.33. The first-order chi connectivity index (χ1) is 10.5. The largest absolute Gasteiger partial charge is 0.392 e. The van der Waals surface area contributed by atoms with E-state index in [0.29, 0.717) is 38.6 Å². The van der Waals surface area contributed by atoms with Crippen LogP contribution in [0.3, 0.4) is 0 Å². The standard InChI is InChI=1S/C16H24N2O3S/c19-16(15-6-7-15)12-17-8-10-18(11-9-17)22(20,21)13-14-4-2-1-3-5-14/h1-5,15-16,19H,6-13H2. The highest BCUT2D eigenvalue weighted by Crippen LogP contribution is 2.33. The Morgan fingerprint density at radius 2 is 1.73 bits per heavy atom. The maximum absolute atomic E-state index is 12.5. The second-order valence-corrected chi connectivity index (χ2v) is 8.32. The van der Waals surface area contributed by atoms with Gasteiger partial charge in [0.2, 0.25) is 10.0 Å². The Bertz CT molecular complexity index is 579. The summed E-state index contributed by atoms with van der Waals surface area (Å²) in [6, 6.07) is 9.31. The second-order valence-electron chi connectivity index (χ2n) is 6.35. The molecule has 0 aromatic heterocycles. The summed E-state index contributed by atoms with van der Waals surface area (Å²) in [6.07, 6.45) is 2.02. The Hall–Kier alpha value is -0.950. The lowest BCUT2D eigenvalue weighted by atomic mass is 10.2. The minimum Gasteiger partial charge on any atom is -0.392 e. The SMILES string of the molecule is O=S(=O)(Cc1ccccc1)N1CCN(CC(O)C2CC2)CC1. The lowest BCUT2D eigenvalue weighted by Gasteiger charge is -2.35. The molecular weight excluding hydrogens is 300 g/mol. The molecule has 5 nitrogen and oxygen atoms in total. The zero-order chi connectivity index (χ0) is 15.6. The Labute approximate surface area is 132 Å². The van der Waals surface area contributed by atoms with E-state index in [1.54, 1.807) is 4.31 Å². The monoisotopic (exact) mass is 324 g/mol. The maximum Gasteiger partial charge on any atom is 0.218 e. The summed E-state index contributed by atoms with van der Waals surface area (Å²) in [5, 5.41) is 9.99. The quantitative estimate of drug-likeness (QED) is 0.845. The third-order valence-electron chi connectivity index (χ3n) is 4.53. The van der Waals surface area contributed by atoms with Crippen LogP contribution in [0.25, 0.3) is 0 Å². The molecule has 1 N–H and O–H groups in total. The fraction of sp³-hybridized carbons (Fsp3) is 0.625. The molecular formula is C16H24N2O3S. The number of sulfonamides is 1. The van der Waals surface area contributed by atoms with E-state index in [-0.39, 0.29) is 11.9 Å². The molecule has 1 saturated heterocycles. The van der Waals surface area contributed by atoms with Gasteiger partial charge in [0.25, 0.3) is 0 Å². The number of rotatable bonds is 6. The first kappa shape index (κ1) is 15.9. The normalized spacial score (nSPS) is 22.6. The Morgan fingerprint density at radius 3 is 2.32 bits per heavy atom. The summed E-state index contributed by atoms with van der Waals surface area (Å²) in [5.41, 5.74) is 0.828. The molecule has 1 aliphatic heterocycles. The van der Waals surface area contributed by atoms with Crippen LogP contribution < -0.4 is 0 Å². The average molecular weight is 324 g/mol. The van der Waals surface area contributed by atoms with Gasteiger partial charge in [-0.3, -0.25) is 4.90 Å². The fourth-order valence-electron chi connectivity index (χ4n) is 2.96. The first-order valence-corrected chi connectivity index (χ1v) is 9.58. The van der Waals surface area contributed by atoms with Crippen LogP contribution in [0.15, 0.2) is 30.3 Å². The molecule has 1 unspecified atom stereocenters. The molecule has 1 aromatic rings. The van der Waals surface area contributed by atoms with Crippen LogP contribution in [0.4, 0.5) is 0 Å². The second kappa shape index (κ2) is 6.66. The molecule has 1 saturated carbocycles. The van der Waals surface area contributed by atoms with Crippen molar-refractivity contribution in [2.75, 3.05) is 32.7 Å². The van der Waals surface area contributed by atoms with Crippen LogP contribution >= 0.6 is 0 Å². The summed E-state index contributed by atoms with van der Waals surface area (Å²) in [4.78, 5) is 2.18. The van der Waals surface area contributed by atoms with E-state index < -0.39 is 10.0 Å². The van der Waals surface area contributed by atoms with Gasteiger partial charge in [-0.15, -0.1) is 0 Å². The summed E-state index contributed by atoms with van der Waals surface area (Å²) < 4.78 is 26.5. The number of nitrogens with zero attached hydrogens (tertiary/aromatic N) is 2. The van der Waals surface area contributed by atoms with E-state index in [2.05, 4.69) is 4.90 Å². The molecule has 0 spiro atoms. The zero-order valence-electron chi connectivity index (χ0n) is 12.8. The van der Waals surface area contributed by atoms with E-state index in [1.165, 1.54) is 0 Å². The van der Waals surface area contributed by atoms with Gasteiger partial charge >= 0.3 is 0 Å². The van der Waals surface area contributed by atoms with Crippen molar-refractivity contribution in [3.05, 3.63) is 35.9 Å². The van der Waals surface area contributed by atoms with E-state index in [0.717, 1.165) is 18.4 Å². The maximum atomic E-state index is 12.5. The lowest BCUT2D eigenvalue weighted by molar-refractivity contribution is 0.0781. The number of piperazine rings is 1. The van der Waals surface area contributed by atoms with Gasteiger partial charge in [0.1, 0.15) is 0 Å². The van der Waals surface area contributed by atoms with Crippen molar-refractivity contribution in [3.8, 4) is 0 Å². The molecule has 0 amide bonds. The number of β-amino-alcohol motifs (C(OH)–C–C–N with tert-alkyl or cyclic N) is 1. The van der Waals surface area contributed by atoms with Crippen LogP contribution in [-0.4, -0.2) is 61.6 Å². The smallest absolute Gasteiger partial charge is 0.218 e. The predicted molar refractivity (Wildman–Crippen MR) is 85.8 cm³/mol. The minimum absolute atomic E-state index is 0.0680. The van der Waals surface area contributed by atoms with Crippen molar-refractivity contribution < 1.29 is 13.5 Å². The summed E-state index contributed by atoms with van der Waals surface area (Å²) in [5.74, 6) is 0.540. The fourth-order valence-corrected chi connectivity index (χ4v) is 4.48. The highest BCUT2D eigenvalue weighted by atomic mass is 32.2. The highest BCUT2D eigenvalue weighted by Gasteiger charge is 2.33. The Morgan fingerprint density at radius 1 is 1.09 bits per heavy atom. The van der Waals surface area contributed by atoms with Crippen molar-refractivity contribution in [1.29, 1.82) is 0 Å². The molecule has 0 radical (unpaired) electrons. The summed E-state index contributed by atoms with van der Waals surface area (Å²) in [6.45, 7) is 3.13. The topological polar surface area (TPSA) is 60.9 Å². The molecule has 1 atom stereocenters. The van der Waals surface area contributed by atoms with Crippen molar-refractivity contribution in [3.63, 3.8) is 0 Å². The molecule has 3 rings (SSSR count).